The van der Waals surface area contributed by atoms with Gasteiger partial charge < -0.3 is 9.47 Å². The van der Waals surface area contributed by atoms with Gasteiger partial charge in [-0.25, -0.2) is 0 Å². The molecule has 0 radical (unpaired) electrons. The minimum absolute atomic E-state index is 0.186. The van der Waals surface area contributed by atoms with E-state index in [0.29, 0.717) is 13.2 Å². The third kappa shape index (κ3) is 4.12. The number of ether oxygens (including phenoxy) is 2. The van der Waals surface area contributed by atoms with Crippen molar-refractivity contribution in [2.24, 2.45) is 0 Å². The van der Waals surface area contributed by atoms with Crippen molar-refractivity contribution >= 4 is 10.9 Å². The molecule has 3 rings (SSSR count). The highest BCUT2D eigenvalue weighted by atomic mass is 16.5. The molecular weight excluding hydrogens is 298 g/mol. The van der Waals surface area contributed by atoms with Crippen LogP contribution in [0, 0.1) is 6.92 Å². The molecule has 3 nitrogen and oxygen atoms in total. The van der Waals surface area contributed by atoms with Crippen LogP contribution in [-0.4, -0.2) is 11.1 Å². The quantitative estimate of drug-likeness (QED) is 0.637. The second-order valence-corrected chi connectivity index (χ2v) is 6.25. The minimum Gasteiger partial charge on any atom is -0.489 e. The second-order valence-electron chi connectivity index (χ2n) is 6.25. The highest BCUT2D eigenvalue weighted by Gasteiger charge is 2.07. The van der Waals surface area contributed by atoms with Crippen LogP contribution in [0.4, 0.5) is 0 Å². The Morgan fingerprint density at radius 1 is 0.958 bits per heavy atom. The van der Waals surface area contributed by atoms with E-state index in [9.17, 15) is 0 Å². The number of para-hydroxylation sites is 1. The first-order chi connectivity index (χ1) is 11.6. The maximum absolute atomic E-state index is 5.97. The fourth-order valence-electron chi connectivity index (χ4n) is 2.55. The van der Waals surface area contributed by atoms with Crippen molar-refractivity contribution in [2.75, 3.05) is 0 Å². The van der Waals surface area contributed by atoms with Gasteiger partial charge in [-0.05, 0) is 45.0 Å². The van der Waals surface area contributed by atoms with E-state index in [0.717, 1.165) is 27.9 Å². The molecule has 0 aliphatic heterocycles. The van der Waals surface area contributed by atoms with E-state index < -0.39 is 0 Å². The van der Waals surface area contributed by atoms with Crippen LogP contribution < -0.4 is 4.74 Å². The first-order valence-electron chi connectivity index (χ1n) is 8.30. The molecule has 0 atom stereocenters. The van der Waals surface area contributed by atoms with Crippen LogP contribution in [-0.2, 0) is 18.0 Å². The Labute approximate surface area is 143 Å². The van der Waals surface area contributed by atoms with Gasteiger partial charge in [0.15, 0.2) is 0 Å². The molecule has 0 saturated carbocycles. The van der Waals surface area contributed by atoms with Gasteiger partial charge in [-0.2, -0.15) is 0 Å². The Hall–Kier alpha value is -2.39. The molecule has 0 spiro atoms. The molecular formula is C21H23NO2. The summed E-state index contributed by atoms with van der Waals surface area (Å²) in [6.45, 7) is 7.16. The van der Waals surface area contributed by atoms with Crippen LogP contribution >= 0.6 is 0 Å². The summed E-state index contributed by atoms with van der Waals surface area (Å²) in [7, 11) is 0. The van der Waals surface area contributed by atoms with Crippen molar-refractivity contribution < 1.29 is 9.47 Å². The van der Waals surface area contributed by atoms with Crippen LogP contribution in [0.3, 0.4) is 0 Å². The van der Waals surface area contributed by atoms with Gasteiger partial charge in [-0.3, -0.25) is 4.98 Å². The SMILES string of the molecule is Cc1ccc(OCc2cc(COC(C)C)nc3ccccc23)cc1. The van der Waals surface area contributed by atoms with Crippen molar-refractivity contribution in [3.63, 3.8) is 0 Å². The molecule has 2 aromatic carbocycles. The number of hydrogen-bond donors (Lipinski definition) is 0. The zero-order valence-corrected chi connectivity index (χ0v) is 14.5. The molecule has 24 heavy (non-hydrogen) atoms. The lowest BCUT2D eigenvalue weighted by Gasteiger charge is -2.12. The van der Waals surface area contributed by atoms with Gasteiger partial charge in [0.25, 0.3) is 0 Å². The normalized spacial score (nSPS) is 11.2. The van der Waals surface area contributed by atoms with Crippen LogP contribution in [0.15, 0.2) is 54.6 Å². The molecule has 0 aliphatic rings. The molecule has 0 unspecified atom stereocenters. The number of nitrogens with zero attached hydrogens (tertiary/aromatic N) is 1. The number of aryl methyl sites for hydroxylation is 1. The molecule has 3 aromatic rings. The van der Waals surface area contributed by atoms with Gasteiger partial charge in [0.05, 0.1) is 23.9 Å². The van der Waals surface area contributed by atoms with E-state index in [1.807, 2.05) is 44.2 Å². The van der Waals surface area contributed by atoms with E-state index in [1.54, 1.807) is 0 Å². The smallest absolute Gasteiger partial charge is 0.119 e. The average Bonchev–Trinajstić information content (AvgIpc) is 2.59. The first kappa shape index (κ1) is 16.5. The second kappa shape index (κ2) is 7.45. The number of pyridine rings is 1. The predicted molar refractivity (Wildman–Crippen MR) is 97.2 cm³/mol. The largest absolute Gasteiger partial charge is 0.489 e. The molecule has 1 aromatic heterocycles. The zero-order chi connectivity index (χ0) is 16.9. The van der Waals surface area contributed by atoms with Crippen molar-refractivity contribution in [3.05, 3.63) is 71.4 Å². The van der Waals surface area contributed by atoms with E-state index in [-0.39, 0.29) is 6.10 Å². The van der Waals surface area contributed by atoms with Gasteiger partial charge >= 0.3 is 0 Å². The van der Waals surface area contributed by atoms with Crippen molar-refractivity contribution in [3.8, 4) is 5.75 Å². The molecule has 0 amide bonds. The highest BCUT2D eigenvalue weighted by molar-refractivity contribution is 5.82. The zero-order valence-electron chi connectivity index (χ0n) is 14.5. The van der Waals surface area contributed by atoms with E-state index in [4.69, 9.17) is 14.5 Å². The summed E-state index contributed by atoms with van der Waals surface area (Å²) in [4.78, 5) is 4.69. The fraction of sp³-hybridized carbons (Fsp3) is 0.286. The van der Waals surface area contributed by atoms with Crippen molar-refractivity contribution in [1.82, 2.24) is 4.98 Å². The fourth-order valence-corrected chi connectivity index (χ4v) is 2.55. The molecule has 0 N–H and O–H groups in total. The summed E-state index contributed by atoms with van der Waals surface area (Å²) in [6, 6.07) is 18.4. The Balaban J connectivity index is 1.85. The van der Waals surface area contributed by atoms with Gasteiger partial charge in [-0.1, -0.05) is 35.9 Å². The summed E-state index contributed by atoms with van der Waals surface area (Å²) >= 11 is 0. The lowest BCUT2D eigenvalue weighted by atomic mass is 10.1. The maximum Gasteiger partial charge on any atom is 0.119 e. The highest BCUT2D eigenvalue weighted by Crippen LogP contribution is 2.21. The third-order valence-electron chi connectivity index (χ3n) is 3.83. The topological polar surface area (TPSA) is 31.4 Å². The molecule has 3 heteroatoms. The summed E-state index contributed by atoms with van der Waals surface area (Å²) in [5.74, 6) is 0.876. The van der Waals surface area contributed by atoms with Crippen LogP contribution in [0.5, 0.6) is 5.75 Å². The first-order valence-corrected chi connectivity index (χ1v) is 8.30. The summed E-state index contributed by atoms with van der Waals surface area (Å²) < 4.78 is 11.7. The monoisotopic (exact) mass is 321 g/mol. The maximum atomic E-state index is 5.97. The standard InChI is InChI=1S/C21H23NO2/c1-15(2)23-14-18-12-17(20-6-4-5-7-21(20)22-18)13-24-19-10-8-16(3)9-11-19/h4-12,15H,13-14H2,1-3H3. The van der Waals surface area contributed by atoms with E-state index >= 15 is 0 Å². The van der Waals surface area contributed by atoms with Gasteiger partial charge in [0, 0.05) is 10.9 Å². The van der Waals surface area contributed by atoms with Crippen LogP contribution in [0.25, 0.3) is 10.9 Å². The molecule has 0 aliphatic carbocycles. The lowest BCUT2D eigenvalue weighted by molar-refractivity contribution is 0.0637. The molecule has 124 valence electrons. The summed E-state index contributed by atoms with van der Waals surface area (Å²) in [6.07, 6.45) is 0.186. The van der Waals surface area contributed by atoms with Gasteiger partial charge in [0.1, 0.15) is 12.4 Å². The number of fused-ring (bicyclic) bond motifs is 1. The molecule has 0 fully saturated rings. The van der Waals surface area contributed by atoms with Crippen molar-refractivity contribution in [2.45, 2.75) is 40.1 Å². The van der Waals surface area contributed by atoms with Crippen molar-refractivity contribution in [1.29, 1.82) is 0 Å². The van der Waals surface area contributed by atoms with Gasteiger partial charge in [0.2, 0.25) is 0 Å². The summed E-state index contributed by atoms with van der Waals surface area (Å²) in [5, 5.41) is 1.12. The molecule has 0 saturated heterocycles. The summed E-state index contributed by atoms with van der Waals surface area (Å²) in [5.41, 5.74) is 4.27. The van der Waals surface area contributed by atoms with E-state index in [2.05, 4.69) is 31.2 Å². The number of benzene rings is 2. The molecule has 1 heterocycles. The Morgan fingerprint density at radius 3 is 2.46 bits per heavy atom. The van der Waals surface area contributed by atoms with E-state index in [1.165, 1.54) is 5.56 Å². The number of aromatic nitrogens is 1. The molecule has 0 bridgehead atoms. The third-order valence-corrected chi connectivity index (χ3v) is 3.83. The predicted octanol–water partition coefficient (Wildman–Crippen LogP) is 5.05. The number of hydrogen-bond acceptors (Lipinski definition) is 3. The lowest BCUT2D eigenvalue weighted by Crippen LogP contribution is -2.05. The Morgan fingerprint density at radius 2 is 1.71 bits per heavy atom. The van der Waals surface area contributed by atoms with Crippen LogP contribution in [0.2, 0.25) is 0 Å². The number of rotatable bonds is 6. The Kier molecular flexibility index (Phi) is 5.11. The average molecular weight is 321 g/mol. The van der Waals surface area contributed by atoms with Gasteiger partial charge in [-0.15, -0.1) is 0 Å². The van der Waals surface area contributed by atoms with Crippen LogP contribution in [0.1, 0.15) is 30.7 Å². The minimum atomic E-state index is 0.186. The Bertz CT molecular complexity index is 810.